The van der Waals surface area contributed by atoms with Gasteiger partial charge in [-0.25, -0.2) is 0 Å². The van der Waals surface area contributed by atoms with Crippen molar-refractivity contribution in [1.29, 1.82) is 0 Å². The van der Waals surface area contributed by atoms with Crippen LogP contribution in [0.1, 0.15) is 48.0 Å². The molecule has 3 rings (SSSR count). The molecule has 0 unspecified atom stereocenters. The van der Waals surface area contributed by atoms with Gasteiger partial charge in [0, 0.05) is 12.5 Å². The number of ether oxygens (including phenoxy) is 2. The van der Waals surface area contributed by atoms with E-state index in [2.05, 4.69) is 88.4 Å². The molecule has 1 aliphatic rings. The lowest BCUT2D eigenvalue weighted by Gasteiger charge is -2.48. The molecule has 1 aliphatic heterocycles. The fourth-order valence-corrected chi connectivity index (χ4v) is 9.38. The van der Waals surface area contributed by atoms with Crippen LogP contribution < -0.4 is 10.4 Å². The molecule has 0 spiro atoms. The predicted molar refractivity (Wildman–Crippen MR) is 128 cm³/mol. The van der Waals surface area contributed by atoms with Crippen molar-refractivity contribution in [3.8, 4) is 0 Å². The molecule has 2 aromatic rings. The summed E-state index contributed by atoms with van der Waals surface area (Å²) < 4.78 is 19.5. The Morgan fingerprint density at radius 2 is 1.39 bits per heavy atom. The minimum Gasteiger partial charge on any atom is -0.405 e. The van der Waals surface area contributed by atoms with Crippen LogP contribution in [0.5, 0.6) is 0 Å². The largest absolute Gasteiger partial charge is 0.405 e. The van der Waals surface area contributed by atoms with Gasteiger partial charge in [0.2, 0.25) is 0 Å². The van der Waals surface area contributed by atoms with E-state index < -0.39 is 14.1 Å². The summed E-state index contributed by atoms with van der Waals surface area (Å²) in [6, 6.07) is 21.3. The highest BCUT2D eigenvalue weighted by Gasteiger charge is 2.51. The van der Waals surface area contributed by atoms with Crippen molar-refractivity contribution >= 4 is 18.7 Å². The Kier molecular flexibility index (Phi) is 7.44. The lowest BCUT2D eigenvalue weighted by atomic mass is 9.94. The Bertz CT molecular complexity index is 777. The van der Waals surface area contributed by atoms with Gasteiger partial charge in [-0.1, -0.05) is 88.4 Å². The number of aliphatic hydroxyl groups excluding tert-OH is 1. The Labute approximate surface area is 188 Å². The monoisotopic (exact) mass is 442 g/mol. The third-order valence-electron chi connectivity index (χ3n) is 6.34. The Morgan fingerprint density at radius 3 is 1.84 bits per heavy atom. The summed E-state index contributed by atoms with van der Waals surface area (Å²) in [7, 11) is -2.62. The standard InChI is InChI=1S/C26H38O4Si/c1-20-23(17-18-27)29-26(5,6)30-24(20)19-28-31(25(2,3)4,21-13-9-7-10-14-21)22-15-11-8-12-16-22/h7-16,20,23-24,27H,17-19H2,1-6H3/t20-,23+,24-/m1/s1. The first kappa shape index (κ1) is 24.1. The van der Waals surface area contributed by atoms with Crippen molar-refractivity contribution < 1.29 is 19.0 Å². The van der Waals surface area contributed by atoms with Crippen molar-refractivity contribution in [2.45, 2.75) is 71.0 Å². The van der Waals surface area contributed by atoms with E-state index in [1.165, 1.54) is 10.4 Å². The minimum atomic E-state index is -2.62. The highest BCUT2D eigenvalue weighted by molar-refractivity contribution is 6.99. The Hall–Kier alpha value is -1.50. The van der Waals surface area contributed by atoms with E-state index in [0.717, 1.165) is 0 Å². The first-order valence-corrected chi connectivity index (χ1v) is 13.2. The topological polar surface area (TPSA) is 47.9 Å². The summed E-state index contributed by atoms with van der Waals surface area (Å²) >= 11 is 0. The van der Waals surface area contributed by atoms with Crippen LogP contribution in [0.3, 0.4) is 0 Å². The quantitative estimate of drug-likeness (QED) is 0.656. The molecule has 0 aromatic heterocycles. The van der Waals surface area contributed by atoms with Crippen LogP contribution in [-0.4, -0.2) is 44.6 Å². The molecule has 1 N–H and O–H groups in total. The van der Waals surface area contributed by atoms with Crippen LogP contribution >= 0.6 is 0 Å². The maximum atomic E-state index is 9.51. The van der Waals surface area contributed by atoms with Crippen LogP contribution in [0.15, 0.2) is 60.7 Å². The second-order valence-electron chi connectivity index (χ2n) is 10.1. The van der Waals surface area contributed by atoms with Crippen molar-refractivity contribution in [1.82, 2.24) is 0 Å². The maximum Gasteiger partial charge on any atom is 0.261 e. The second-order valence-corrected chi connectivity index (χ2v) is 14.4. The van der Waals surface area contributed by atoms with E-state index in [4.69, 9.17) is 13.9 Å². The second kappa shape index (κ2) is 9.55. The average molecular weight is 443 g/mol. The molecule has 170 valence electrons. The van der Waals surface area contributed by atoms with Gasteiger partial charge in [0.25, 0.3) is 8.32 Å². The summed E-state index contributed by atoms with van der Waals surface area (Å²) in [5.74, 6) is -0.579. The van der Waals surface area contributed by atoms with Gasteiger partial charge in [-0.2, -0.15) is 0 Å². The minimum absolute atomic E-state index is 0.0542. The molecule has 1 heterocycles. The first-order valence-electron chi connectivity index (χ1n) is 11.3. The van der Waals surface area contributed by atoms with Crippen molar-refractivity contribution in [3.63, 3.8) is 0 Å². The predicted octanol–water partition coefficient (Wildman–Crippen LogP) is 4.10. The summed E-state index contributed by atoms with van der Waals surface area (Å²) in [6.07, 6.45) is 0.437. The Balaban J connectivity index is 2.00. The molecule has 5 heteroatoms. The molecule has 1 saturated heterocycles. The zero-order chi connectivity index (χ0) is 22.7. The molecule has 0 radical (unpaired) electrons. The van der Waals surface area contributed by atoms with E-state index in [1.807, 2.05) is 13.8 Å². The van der Waals surface area contributed by atoms with Gasteiger partial charge >= 0.3 is 0 Å². The van der Waals surface area contributed by atoms with Gasteiger partial charge < -0.3 is 19.0 Å². The third-order valence-corrected chi connectivity index (χ3v) is 11.3. The first-order chi connectivity index (χ1) is 14.6. The van der Waals surface area contributed by atoms with Crippen molar-refractivity contribution in [2.24, 2.45) is 5.92 Å². The highest BCUT2D eigenvalue weighted by Crippen LogP contribution is 2.38. The van der Waals surface area contributed by atoms with E-state index in [0.29, 0.717) is 13.0 Å². The lowest BCUT2D eigenvalue weighted by molar-refractivity contribution is -0.323. The SMILES string of the molecule is C[C@@H]1[C@H](CCO)OC(C)(C)O[C@@H]1CO[Si](c1ccccc1)(c1ccccc1)C(C)(C)C. The molecule has 2 aromatic carbocycles. The molecule has 31 heavy (non-hydrogen) atoms. The molecule has 1 fully saturated rings. The number of rotatable bonds is 7. The van der Waals surface area contributed by atoms with Crippen molar-refractivity contribution in [2.75, 3.05) is 13.2 Å². The molecular weight excluding hydrogens is 404 g/mol. The zero-order valence-electron chi connectivity index (χ0n) is 19.8. The van der Waals surface area contributed by atoms with Crippen LogP contribution in [0.4, 0.5) is 0 Å². The molecule has 0 saturated carbocycles. The Morgan fingerprint density at radius 1 is 0.903 bits per heavy atom. The van der Waals surface area contributed by atoms with Crippen LogP contribution in [0.25, 0.3) is 0 Å². The molecular formula is C26H38O4Si. The van der Waals surface area contributed by atoms with Gasteiger partial charge in [-0.15, -0.1) is 0 Å². The van der Waals surface area contributed by atoms with Gasteiger partial charge in [-0.3, -0.25) is 0 Å². The summed E-state index contributed by atoms with van der Waals surface area (Å²) in [5.41, 5.74) is 0. The average Bonchev–Trinajstić information content (AvgIpc) is 2.72. The zero-order valence-corrected chi connectivity index (χ0v) is 20.8. The molecule has 0 amide bonds. The van der Waals surface area contributed by atoms with Crippen LogP contribution in [0, 0.1) is 5.92 Å². The number of benzene rings is 2. The normalized spacial score (nSPS) is 24.2. The molecule has 0 bridgehead atoms. The van der Waals surface area contributed by atoms with E-state index in [-0.39, 0.29) is 29.8 Å². The summed E-state index contributed by atoms with van der Waals surface area (Å²) in [4.78, 5) is 0. The fraction of sp³-hybridized carbons (Fsp3) is 0.538. The van der Waals surface area contributed by atoms with Crippen molar-refractivity contribution in [3.05, 3.63) is 60.7 Å². The fourth-order valence-electron chi connectivity index (χ4n) is 4.81. The summed E-state index contributed by atoms with van der Waals surface area (Å²) in [6.45, 7) is 13.5. The number of aliphatic hydroxyl groups is 1. The number of hydrogen-bond acceptors (Lipinski definition) is 4. The smallest absolute Gasteiger partial charge is 0.261 e. The van der Waals surface area contributed by atoms with Crippen LogP contribution in [-0.2, 0) is 13.9 Å². The molecule has 3 atom stereocenters. The molecule has 4 nitrogen and oxygen atoms in total. The summed E-state index contributed by atoms with van der Waals surface area (Å²) in [5, 5.41) is 12.0. The van der Waals surface area contributed by atoms with E-state index in [1.54, 1.807) is 0 Å². The van der Waals surface area contributed by atoms with Gasteiger partial charge in [0.05, 0.1) is 18.8 Å². The van der Waals surface area contributed by atoms with Gasteiger partial charge in [-0.05, 0) is 35.7 Å². The van der Waals surface area contributed by atoms with E-state index >= 15 is 0 Å². The van der Waals surface area contributed by atoms with Crippen LogP contribution in [0.2, 0.25) is 5.04 Å². The number of hydrogen-bond donors (Lipinski definition) is 1. The van der Waals surface area contributed by atoms with E-state index in [9.17, 15) is 5.11 Å². The van der Waals surface area contributed by atoms with Gasteiger partial charge in [0.15, 0.2) is 5.79 Å². The maximum absolute atomic E-state index is 9.51. The highest BCUT2D eigenvalue weighted by atomic mass is 28.4. The molecule has 0 aliphatic carbocycles. The third kappa shape index (κ3) is 5.12. The lowest BCUT2D eigenvalue weighted by Crippen LogP contribution is -2.67. The van der Waals surface area contributed by atoms with Gasteiger partial charge in [0.1, 0.15) is 0 Å².